The highest BCUT2D eigenvalue weighted by atomic mass is 79.9. The first-order valence-corrected chi connectivity index (χ1v) is 4.84. The highest BCUT2D eigenvalue weighted by Gasteiger charge is 2.03. The van der Waals surface area contributed by atoms with Crippen LogP contribution in [-0.2, 0) is 0 Å². The summed E-state index contributed by atoms with van der Waals surface area (Å²) in [5.74, 6) is 0. The summed E-state index contributed by atoms with van der Waals surface area (Å²) in [6, 6.07) is 1.83. The number of nitrogens with zero attached hydrogens (tertiary/aromatic N) is 2. The van der Waals surface area contributed by atoms with E-state index in [4.69, 9.17) is 5.73 Å². The summed E-state index contributed by atoms with van der Waals surface area (Å²) in [5.41, 5.74) is 7.17. The van der Waals surface area contributed by atoms with Crippen molar-refractivity contribution in [2.24, 2.45) is 0 Å². The third kappa shape index (κ3) is 1.13. The molecule has 0 atom stereocenters. The molecule has 0 aliphatic rings. The van der Waals surface area contributed by atoms with Crippen molar-refractivity contribution in [2.75, 3.05) is 5.73 Å². The zero-order valence-electron chi connectivity index (χ0n) is 5.96. The van der Waals surface area contributed by atoms with Crippen LogP contribution in [0.25, 0.3) is 5.65 Å². The Balaban J connectivity index is 2.92. The lowest BCUT2D eigenvalue weighted by Crippen LogP contribution is -1.92. The van der Waals surface area contributed by atoms with Crippen LogP contribution in [0, 0.1) is 0 Å². The molecule has 12 heavy (non-hydrogen) atoms. The maximum Gasteiger partial charge on any atom is 0.161 e. The number of nitrogens with two attached hydrogens (primary N) is 1. The summed E-state index contributed by atoms with van der Waals surface area (Å²) in [5, 5.41) is 0. The molecule has 0 radical (unpaired) electrons. The molecule has 2 aromatic rings. The number of hydrogen-bond acceptors (Lipinski definition) is 2. The lowest BCUT2D eigenvalue weighted by Gasteiger charge is -1.99. The second-order valence-electron chi connectivity index (χ2n) is 2.39. The van der Waals surface area contributed by atoms with E-state index in [0.717, 1.165) is 14.7 Å². The molecule has 2 rings (SSSR count). The molecule has 0 saturated heterocycles. The zero-order valence-corrected chi connectivity index (χ0v) is 9.13. The van der Waals surface area contributed by atoms with Crippen LogP contribution in [0.1, 0.15) is 0 Å². The number of pyridine rings is 1. The Bertz CT molecular complexity index is 435. The molecule has 0 spiro atoms. The van der Waals surface area contributed by atoms with Crippen LogP contribution in [0.4, 0.5) is 5.69 Å². The molecule has 0 aliphatic heterocycles. The van der Waals surface area contributed by atoms with Gasteiger partial charge in [0.1, 0.15) is 4.60 Å². The van der Waals surface area contributed by atoms with E-state index in [1.54, 1.807) is 6.20 Å². The monoisotopic (exact) mass is 289 g/mol. The molecule has 62 valence electrons. The first-order chi connectivity index (χ1) is 5.68. The number of anilines is 1. The van der Waals surface area contributed by atoms with Crippen LogP contribution in [0.3, 0.4) is 0 Å². The maximum absolute atomic E-state index is 5.74. The van der Waals surface area contributed by atoms with Crippen LogP contribution < -0.4 is 5.73 Å². The molecule has 2 heterocycles. The van der Waals surface area contributed by atoms with Gasteiger partial charge in [-0.1, -0.05) is 0 Å². The second kappa shape index (κ2) is 2.74. The normalized spacial score (nSPS) is 10.8. The standard InChI is InChI=1S/C7H5Br2N3/c8-4-1-5(10)7-11-2-6(9)12(7)3-4/h1-3H,10H2. The van der Waals surface area contributed by atoms with Crippen molar-refractivity contribution in [1.82, 2.24) is 9.38 Å². The Morgan fingerprint density at radius 1 is 1.42 bits per heavy atom. The number of rotatable bonds is 0. The zero-order chi connectivity index (χ0) is 8.72. The lowest BCUT2D eigenvalue weighted by atomic mass is 10.4. The molecule has 2 N–H and O–H groups in total. The summed E-state index contributed by atoms with van der Waals surface area (Å²) >= 11 is 6.71. The van der Waals surface area contributed by atoms with Gasteiger partial charge in [0.15, 0.2) is 5.65 Å². The van der Waals surface area contributed by atoms with Gasteiger partial charge in [-0.2, -0.15) is 0 Å². The van der Waals surface area contributed by atoms with Crippen LogP contribution in [0.15, 0.2) is 27.5 Å². The lowest BCUT2D eigenvalue weighted by molar-refractivity contribution is 1.15. The van der Waals surface area contributed by atoms with Crippen molar-refractivity contribution in [2.45, 2.75) is 0 Å². The van der Waals surface area contributed by atoms with Crippen LogP contribution >= 0.6 is 31.9 Å². The SMILES string of the molecule is Nc1cc(Br)cn2c(Br)cnc12. The molecule has 0 saturated carbocycles. The highest BCUT2D eigenvalue weighted by Crippen LogP contribution is 2.22. The van der Waals surface area contributed by atoms with Gasteiger partial charge in [-0.15, -0.1) is 0 Å². The molecule has 5 heteroatoms. The minimum absolute atomic E-state index is 0.662. The number of imidazole rings is 1. The van der Waals surface area contributed by atoms with E-state index < -0.39 is 0 Å². The predicted molar refractivity (Wildman–Crippen MR) is 55.0 cm³/mol. The van der Waals surface area contributed by atoms with E-state index in [0.29, 0.717) is 5.69 Å². The van der Waals surface area contributed by atoms with Gasteiger partial charge in [-0.3, -0.25) is 4.40 Å². The van der Waals surface area contributed by atoms with Crippen LogP contribution in [0.5, 0.6) is 0 Å². The number of hydrogen-bond donors (Lipinski definition) is 1. The topological polar surface area (TPSA) is 43.3 Å². The Labute approximate surface area is 85.8 Å². The van der Waals surface area contributed by atoms with Crippen molar-refractivity contribution < 1.29 is 0 Å². The summed E-state index contributed by atoms with van der Waals surface area (Å²) in [4.78, 5) is 4.13. The molecule has 2 aromatic heterocycles. The first-order valence-electron chi connectivity index (χ1n) is 3.26. The van der Waals surface area contributed by atoms with E-state index in [1.807, 2.05) is 16.7 Å². The van der Waals surface area contributed by atoms with Crippen molar-refractivity contribution in [1.29, 1.82) is 0 Å². The molecule has 0 fully saturated rings. The fourth-order valence-electron chi connectivity index (χ4n) is 1.05. The van der Waals surface area contributed by atoms with E-state index in [-0.39, 0.29) is 0 Å². The molecule has 0 aromatic carbocycles. The Morgan fingerprint density at radius 2 is 2.17 bits per heavy atom. The van der Waals surface area contributed by atoms with E-state index in [2.05, 4.69) is 36.8 Å². The number of nitrogen functional groups attached to an aromatic ring is 1. The van der Waals surface area contributed by atoms with Gasteiger partial charge in [0.2, 0.25) is 0 Å². The number of fused-ring (bicyclic) bond motifs is 1. The first kappa shape index (κ1) is 8.07. The van der Waals surface area contributed by atoms with Crippen LogP contribution in [-0.4, -0.2) is 9.38 Å². The molecular weight excluding hydrogens is 286 g/mol. The third-order valence-corrected chi connectivity index (χ3v) is 2.58. The molecule has 0 amide bonds. The van der Waals surface area contributed by atoms with E-state index in [1.165, 1.54) is 0 Å². The summed E-state index contributed by atoms with van der Waals surface area (Å²) in [6.45, 7) is 0. The van der Waals surface area contributed by atoms with Crippen molar-refractivity contribution >= 4 is 43.2 Å². The molecule has 0 aliphatic carbocycles. The average molecular weight is 291 g/mol. The van der Waals surface area contributed by atoms with Gasteiger partial charge in [-0.25, -0.2) is 4.98 Å². The number of halogens is 2. The van der Waals surface area contributed by atoms with Crippen LogP contribution in [0.2, 0.25) is 0 Å². The van der Waals surface area contributed by atoms with Gasteiger partial charge in [0, 0.05) is 10.7 Å². The van der Waals surface area contributed by atoms with Gasteiger partial charge in [-0.05, 0) is 37.9 Å². The predicted octanol–water partition coefficient (Wildman–Crippen LogP) is 2.44. The summed E-state index contributed by atoms with van der Waals surface area (Å²) in [7, 11) is 0. The highest BCUT2D eigenvalue weighted by molar-refractivity contribution is 9.10. The van der Waals surface area contributed by atoms with Gasteiger partial charge < -0.3 is 5.73 Å². The summed E-state index contributed by atoms with van der Waals surface area (Å²) in [6.07, 6.45) is 3.63. The Hall–Kier alpha value is -0.550. The smallest absolute Gasteiger partial charge is 0.161 e. The van der Waals surface area contributed by atoms with Gasteiger partial charge >= 0.3 is 0 Å². The van der Waals surface area contributed by atoms with E-state index in [9.17, 15) is 0 Å². The molecule has 0 unspecified atom stereocenters. The van der Waals surface area contributed by atoms with E-state index >= 15 is 0 Å². The van der Waals surface area contributed by atoms with Gasteiger partial charge in [0.05, 0.1) is 11.9 Å². The molecule has 0 bridgehead atoms. The van der Waals surface area contributed by atoms with Gasteiger partial charge in [0.25, 0.3) is 0 Å². The third-order valence-electron chi connectivity index (χ3n) is 1.56. The van der Waals surface area contributed by atoms with Crippen molar-refractivity contribution in [3.05, 3.63) is 27.5 Å². The summed E-state index contributed by atoms with van der Waals surface area (Å²) < 4.78 is 3.70. The largest absolute Gasteiger partial charge is 0.396 e. The van der Waals surface area contributed by atoms with Crippen molar-refractivity contribution in [3.8, 4) is 0 Å². The second-order valence-corrected chi connectivity index (χ2v) is 4.12. The number of aromatic nitrogens is 2. The minimum atomic E-state index is 0.662. The quantitative estimate of drug-likeness (QED) is 0.810. The Morgan fingerprint density at radius 3 is 2.92 bits per heavy atom. The minimum Gasteiger partial charge on any atom is -0.396 e. The fourth-order valence-corrected chi connectivity index (χ4v) is 1.87. The molecular formula is C7H5Br2N3. The Kier molecular flexibility index (Phi) is 1.84. The van der Waals surface area contributed by atoms with Crippen molar-refractivity contribution in [3.63, 3.8) is 0 Å². The molecule has 3 nitrogen and oxygen atoms in total. The average Bonchev–Trinajstić information content (AvgIpc) is 2.33. The fraction of sp³-hybridized carbons (Fsp3) is 0. The maximum atomic E-state index is 5.74.